The van der Waals surface area contributed by atoms with Crippen LogP contribution in [0.2, 0.25) is 5.02 Å². The highest BCUT2D eigenvalue weighted by Crippen LogP contribution is 2.49. The zero-order valence-corrected chi connectivity index (χ0v) is 15.3. The van der Waals surface area contributed by atoms with Crippen molar-refractivity contribution < 1.29 is 14.3 Å². The Bertz CT molecular complexity index is 777. The number of hydrogen-bond acceptors (Lipinski definition) is 3. The lowest BCUT2D eigenvalue weighted by atomic mass is 10.1. The molecule has 25 heavy (non-hydrogen) atoms. The summed E-state index contributed by atoms with van der Waals surface area (Å²) in [7, 11) is 3.24. The highest BCUT2D eigenvalue weighted by molar-refractivity contribution is 6.31. The summed E-state index contributed by atoms with van der Waals surface area (Å²) in [5.41, 5.74) is 1.95. The molecule has 5 heteroatoms. The van der Waals surface area contributed by atoms with Gasteiger partial charge in [-0.05, 0) is 49.1 Å². The fraction of sp³-hybridized carbons (Fsp3) is 0.350. The SMILES string of the molecule is COc1ccc(OC)c(C(C)NC(=O)C2CC2c2ccccc2Cl)c1. The molecule has 0 radical (unpaired) electrons. The Hall–Kier alpha value is -2.20. The van der Waals surface area contributed by atoms with Crippen LogP contribution in [0, 0.1) is 5.92 Å². The maximum Gasteiger partial charge on any atom is 0.224 e. The van der Waals surface area contributed by atoms with Crippen LogP contribution in [-0.4, -0.2) is 20.1 Å². The molecule has 3 unspecified atom stereocenters. The van der Waals surface area contributed by atoms with Gasteiger partial charge in [0.1, 0.15) is 11.5 Å². The van der Waals surface area contributed by atoms with Crippen molar-refractivity contribution in [3.63, 3.8) is 0 Å². The Morgan fingerprint density at radius 1 is 1.20 bits per heavy atom. The molecule has 0 spiro atoms. The van der Waals surface area contributed by atoms with E-state index in [-0.39, 0.29) is 23.8 Å². The van der Waals surface area contributed by atoms with Crippen LogP contribution in [-0.2, 0) is 4.79 Å². The fourth-order valence-electron chi connectivity index (χ4n) is 3.18. The molecule has 0 aromatic heterocycles. The number of halogens is 1. The molecule has 1 fully saturated rings. The summed E-state index contributed by atoms with van der Waals surface area (Å²) in [4.78, 5) is 12.6. The Morgan fingerprint density at radius 3 is 2.64 bits per heavy atom. The maximum atomic E-state index is 12.6. The van der Waals surface area contributed by atoms with Crippen LogP contribution in [0.1, 0.15) is 36.4 Å². The topological polar surface area (TPSA) is 47.6 Å². The number of carbonyl (C=O) groups excluding carboxylic acids is 1. The standard InChI is InChI=1S/C20H22ClNO3/c1-12(15-10-13(24-2)8-9-19(15)25-3)22-20(23)17-11-16(17)14-6-4-5-7-18(14)21/h4-10,12,16-17H,11H2,1-3H3,(H,22,23). The predicted octanol–water partition coefficient (Wildman–Crippen LogP) is 4.34. The van der Waals surface area contributed by atoms with E-state index in [4.69, 9.17) is 21.1 Å². The van der Waals surface area contributed by atoms with E-state index in [9.17, 15) is 4.79 Å². The smallest absolute Gasteiger partial charge is 0.224 e. The van der Waals surface area contributed by atoms with Crippen LogP contribution in [0.3, 0.4) is 0 Å². The van der Waals surface area contributed by atoms with Gasteiger partial charge in [0.2, 0.25) is 5.91 Å². The lowest BCUT2D eigenvalue weighted by Gasteiger charge is -2.18. The molecule has 1 aliphatic rings. The number of hydrogen-bond donors (Lipinski definition) is 1. The van der Waals surface area contributed by atoms with Crippen LogP contribution in [0.5, 0.6) is 11.5 Å². The molecule has 1 aliphatic carbocycles. The second kappa shape index (κ2) is 7.36. The van der Waals surface area contributed by atoms with Crippen LogP contribution < -0.4 is 14.8 Å². The molecule has 1 saturated carbocycles. The molecular weight excluding hydrogens is 338 g/mol. The van der Waals surface area contributed by atoms with Crippen molar-refractivity contribution in [3.8, 4) is 11.5 Å². The van der Waals surface area contributed by atoms with Crippen molar-refractivity contribution in [2.75, 3.05) is 14.2 Å². The first-order valence-electron chi connectivity index (χ1n) is 8.32. The van der Waals surface area contributed by atoms with E-state index in [0.717, 1.165) is 34.1 Å². The molecule has 0 bridgehead atoms. The fourth-order valence-corrected chi connectivity index (χ4v) is 3.46. The minimum absolute atomic E-state index is 0.0287. The van der Waals surface area contributed by atoms with Gasteiger partial charge in [0, 0.05) is 16.5 Å². The summed E-state index contributed by atoms with van der Waals surface area (Å²) in [6, 6.07) is 13.1. The van der Waals surface area contributed by atoms with Gasteiger partial charge in [0.15, 0.2) is 0 Å². The summed E-state index contributed by atoms with van der Waals surface area (Å²) in [5, 5.41) is 3.81. The number of amides is 1. The molecule has 0 heterocycles. The first-order valence-corrected chi connectivity index (χ1v) is 8.69. The summed E-state index contributed by atoms with van der Waals surface area (Å²) in [6.07, 6.45) is 0.831. The summed E-state index contributed by atoms with van der Waals surface area (Å²) < 4.78 is 10.7. The van der Waals surface area contributed by atoms with Crippen LogP contribution in [0.4, 0.5) is 0 Å². The third-order valence-electron chi connectivity index (χ3n) is 4.69. The van der Waals surface area contributed by atoms with E-state index < -0.39 is 0 Å². The molecule has 0 saturated heterocycles. The van der Waals surface area contributed by atoms with Gasteiger partial charge in [-0.3, -0.25) is 4.79 Å². The van der Waals surface area contributed by atoms with Gasteiger partial charge in [-0.1, -0.05) is 29.8 Å². The minimum Gasteiger partial charge on any atom is -0.497 e. The van der Waals surface area contributed by atoms with Gasteiger partial charge in [-0.2, -0.15) is 0 Å². The number of nitrogens with one attached hydrogen (secondary N) is 1. The largest absolute Gasteiger partial charge is 0.497 e. The van der Waals surface area contributed by atoms with Crippen molar-refractivity contribution in [2.45, 2.75) is 25.3 Å². The summed E-state index contributed by atoms with van der Waals surface area (Å²) >= 11 is 6.24. The summed E-state index contributed by atoms with van der Waals surface area (Å²) in [5.74, 6) is 1.68. The van der Waals surface area contributed by atoms with Crippen molar-refractivity contribution in [1.29, 1.82) is 0 Å². The second-order valence-corrected chi connectivity index (χ2v) is 6.72. The average Bonchev–Trinajstić information content (AvgIpc) is 3.42. The molecule has 3 atom stereocenters. The van der Waals surface area contributed by atoms with Crippen molar-refractivity contribution in [3.05, 3.63) is 58.6 Å². The molecule has 4 nitrogen and oxygen atoms in total. The van der Waals surface area contributed by atoms with E-state index >= 15 is 0 Å². The van der Waals surface area contributed by atoms with Gasteiger partial charge < -0.3 is 14.8 Å². The van der Waals surface area contributed by atoms with E-state index in [1.54, 1.807) is 14.2 Å². The zero-order chi connectivity index (χ0) is 18.0. The Kier molecular flexibility index (Phi) is 5.19. The lowest BCUT2D eigenvalue weighted by molar-refractivity contribution is -0.123. The molecular formula is C20H22ClNO3. The van der Waals surface area contributed by atoms with E-state index in [1.165, 1.54) is 0 Å². The molecule has 1 amide bonds. The van der Waals surface area contributed by atoms with Crippen molar-refractivity contribution in [1.82, 2.24) is 5.32 Å². The van der Waals surface area contributed by atoms with Gasteiger partial charge in [0.25, 0.3) is 0 Å². The van der Waals surface area contributed by atoms with Crippen LogP contribution in [0.15, 0.2) is 42.5 Å². The Morgan fingerprint density at radius 2 is 1.96 bits per heavy atom. The second-order valence-electron chi connectivity index (χ2n) is 6.31. The Labute approximate surface area is 153 Å². The highest BCUT2D eigenvalue weighted by Gasteiger charge is 2.45. The Balaban J connectivity index is 1.69. The molecule has 2 aromatic carbocycles. The summed E-state index contributed by atoms with van der Waals surface area (Å²) in [6.45, 7) is 1.95. The maximum absolute atomic E-state index is 12.6. The molecule has 2 aromatic rings. The lowest BCUT2D eigenvalue weighted by Crippen LogP contribution is -2.28. The van der Waals surface area contributed by atoms with Gasteiger partial charge >= 0.3 is 0 Å². The molecule has 132 valence electrons. The van der Waals surface area contributed by atoms with Crippen molar-refractivity contribution in [2.24, 2.45) is 5.92 Å². The number of benzene rings is 2. The molecule has 0 aliphatic heterocycles. The molecule has 3 rings (SSSR count). The third kappa shape index (κ3) is 3.74. The van der Waals surface area contributed by atoms with Gasteiger partial charge in [0.05, 0.1) is 20.3 Å². The van der Waals surface area contributed by atoms with Crippen LogP contribution >= 0.6 is 11.6 Å². The first-order chi connectivity index (χ1) is 12.0. The van der Waals surface area contributed by atoms with E-state index in [1.807, 2.05) is 49.4 Å². The monoisotopic (exact) mass is 359 g/mol. The average molecular weight is 360 g/mol. The number of carbonyl (C=O) groups is 1. The quantitative estimate of drug-likeness (QED) is 0.834. The number of ether oxygens (including phenoxy) is 2. The van der Waals surface area contributed by atoms with Crippen LogP contribution in [0.25, 0.3) is 0 Å². The van der Waals surface area contributed by atoms with Gasteiger partial charge in [-0.25, -0.2) is 0 Å². The van der Waals surface area contributed by atoms with Gasteiger partial charge in [-0.15, -0.1) is 0 Å². The zero-order valence-electron chi connectivity index (χ0n) is 14.6. The van der Waals surface area contributed by atoms with E-state index in [0.29, 0.717) is 0 Å². The van der Waals surface area contributed by atoms with Crippen molar-refractivity contribution >= 4 is 17.5 Å². The highest BCUT2D eigenvalue weighted by atomic mass is 35.5. The van der Waals surface area contributed by atoms with E-state index in [2.05, 4.69) is 5.32 Å². The molecule has 1 N–H and O–H groups in total. The predicted molar refractivity (Wildman–Crippen MR) is 98.4 cm³/mol. The minimum atomic E-state index is -0.176. The third-order valence-corrected chi connectivity index (χ3v) is 5.04. The number of methoxy groups -OCH3 is 2. The first kappa shape index (κ1) is 17.6. The normalized spacial score (nSPS) is 19.8. The number of rotatable bonds is 6.